The van der Waals surface area contributed by atoms with Crippen LogP contribution in [0.4, 0.5) is 0 Å². The van der Waals surface area contributed by atoms with Gasteiger partial charge in [0.2, 0.25) is 0 Å². The Morgan fingerprint density at radius 1 is 1.27 bits per heavy atom. The normalized spacial score (nSPS) is 21.2. The molecule has 0 atom stereocenters. The van der Waals surface area contributed by atoms with Gasteiger partial charge in [0.05, 0.1) is 12.7 Å². The fourth-order valence-electron chi connectivity index (χ4n) is 1.52. The van der Waals surface area contributed by atoms with Crippen molar-refractivity contribution in [2.75, 3.05) is 6.61 Å². The largest absolute Gasteiger partial charge is 0.374 e. The second-order valence-corrected chi connectivity index (χ2v) is 3.16. The summed E-state index contributed by atoms with van der Waals surface area (Å²) in [5.41, 5.74) is 0. The van der Waals surface area contributed by atoms with Gasteiger partial charge in [0, 0.05) is 0 Å². The van der Waals surface area contributed by atoms with Gasteiger partial charge in [0.25, 0.3) is 0 Å². The van der Waals surface area contributed by atoms with E-state index in [4.69, 9.17) is 4.74 Å². The molecule has 1 nitrogen and oxygen atoms in total. The molecule has 1 aliphatic rings. The molecule has 0 aliphatic heterocycles. The Hall–Kier alpha value is -0.300. The van der Waals surface area contributed by atoms with Crippen LogP contribution in [0.3, 0.4) is 0 Å². The first-order valence-corrected chi connectivity index (χ1v) is 4.66. The Balaban J connectivity index is 2.04. The first kappa shape index (κ1) is 8.79. The first-order valence-electron chi connectivity index (χ1n) is 4.66. The molecular weight excluding hydrogens is 136 g/mol. The summed E-state index contributed by atoms with van der Waals surface area (Å²) in [6, 6.07) is 0. The van der Waals surface area contributed by atoms with Crippen molar-refractivity contribution in [1.29, 1.82) is 0 Å². The summed E-state index contributed by atoms with van der Waals surface area (Å²) in [5, 5.41) is 0. The number of rotatable bonds is 3. The summed E-state index contributed by atoms with van der Waals surface area (Å²) in [6.07, 6.45) is 11.4. The Morgan fingerprint density at radius 3 is 2.64 bits per heavy atom. The molecule has 1 rings (SSSR count). The summed E-state index contributed by atoms with van der Waals surface area (Å²) in [7, 11) is 0. The third-order valence-electron chi connectivity index (χ3n) is 2.22. The smallest absolute Gasteiger partial charge is 0.0651 e. The van der Waals surface area contributed by atoms with Crippen LogP contribution in [-0.4, -0.2) is 12.7 Å². The molecule has 11 heavy (non-hydrogen) atoms. The topological polar surface area (TPSA) is 9.23 Å². The van der Waals surface area contributed by atoms with Crippen LogP contribution in [-0.2, 0) is 4.74 Å². The highest BCUT2D eigenvalue weighted by molar-refractivity contribution is 4.77. The molecule has 0 aromatic carbocycles. The maximum atomic E-state index is 5.64. The molecule has 0 N–H and O–H groups in total. The predicted molar refractivity (Wildman–Crippen MR) is 47.6 cm³/mol. The van der Waals surface area contributed by atoms with E-state index in [1.807, 2.05) is 13.0 Å². The highest BCUT2D eigenvalue weighted by atomic mass is 16.5. The zero-order valence-corrected chi connectivity index (χ0v) is 7.38. The SMILES string of the molecule is C/C=C\COC1CCCCC1. The third kappa shape index (κ3) is 3.57. The first-order chi connectivity index (χ1) is 5.43. The van der Waals surface area contributed by atoms with Crippen molar-refractivity contribution in [2.45, 2.75) is 45.1 Å². The van der Waals surface area contributed by atoms with Gasteiger partial charge in [0.1, 0.15) is 0 Å². The zero-order chi connectivity index (χ0) is 7.94. The van der Waals surface area contributed by atoms with E-state index in [0.717, 1.165) is 6.61 Å². The quantitative estimate of drug-likeness (QED) is 0.568. The van der Waals surface area contributed by atoms with Crippen LogP contribution in [0.1, 0.15) is 39.0 Å². The number of ether oxygens (including phenoxy) is 1. The Bertz CT molecular complexity index is 112. The molecule has 0 radical (unpaired) electrons. The van der Waals surface area contributed by atoms with E-state index in [0.29, 0.717) is 6.10 Å². The van der Waals surface area contributed by atoms with Crippen molar-refractivity contribution in [2.24, 2.45) is 0 Å². The molecule has 0 amide bonds. The fourth-order valence-corrected chi connectivity index (χ4v) is 1.52. The van der Waals surface area contributed by atoms with Gasteiger partial charge >= 0.3 is 0 Å². The van der Waals surface area contributed by atoms with Gasteiger partial charge < -0.3 is 4.74 Å². The number of allylic oxidation sites excluding steroid dienone is 1. The molecule has 0 saturated heterocycles. The van der Waals surface area contributed by atoms with Crippen LogP contribution >= 0.6 is 0 Å². The molecule has 1 saturated carbocycles. The van der Waals surface area contributed by atoms with E-state index < -0.39 is 0 Å². The molecule has 1 aliphatic carbocycles. The van der Waals surface area contributed by atoms with Crippen LogP contribution in [0.15, 0.2) is 12.2 Å². The van der Waals surface area contributed by atoms with E-state index in [-0.39, 0.29) is 0 Å². The van der Waals surface area contributed by atoms with Gasteiger partial charge in [0.15, 0.2) is 0 Å². The van der Waals surface area contributed by atoms with E-state index in [9.17, 15) is 0 Å². The van der Waals surface area contributed by atoms with Crippen molar-refractivity contribution in [3.05, 3.63) is 12.2 Å². The Kier molecular flexibility index (Phi) is 4.29. The number of hydrogen-bond acceptors (Lipinski definition) is 1. The van der Waals surface area contributed by atoms with Crippen molar-refractivity contribution in [1.82, 2.24) is 0 Å². The highest BCUT2D eigenvalue weighted by Crippen LogP contribution is 2.19. The lowest BCUT2D eigenvalue weighted by Crippen LogP contribution is -2.16. The molecule has 64 valence electrons. The molecule has 0 heterocycles. The molecule has 0 spiro atoms. The molecular formula is C10H18O. The molecule has 0 unspecified atom stereocenters. The van der Waals surface area contributed by atoms with Gasteiger partial charge in [-0.1, -0.05) is 31.4 Å². The van der Waals surface area contributed by atoms with E-state index in [2.05, 4.69) is 6.08 Å². The molecule has 0 aromatic heterocycles. The summed E-state index contributed by atoms with van der Waals surface area (Å²) < 4.78 is 5.64. The minimum absolute atomic E-state index is 0.556. The summed E-state index contributed by atoms with van der Waals surface area (Å²) >= 11 is 0. The van der Waals surface area contributed by atoms with E-state index in [1.165, 1.54) is 32.1 Å². The summed E-state index contributed by atoms with van der Waals surface area (Å²) in [4.78, 5) is 0. The van der Waals surface area contributed by atoms with Crippen molar-refractivity contribution in [3.8, 4) is 0 Å². The predicted octanol–water partition coefficient (Wildman–Crippen LogP) is 2.91. The standard InChI is InChI=1S/C10H18O/c1-2-3-9-11-10-7-5-4-6-8-10/h2-3,10H,4-9H2,1H3/b3-2-. The molecule has 0 bridgehead atoms. The van der Waals surface area contributed by atoms with Gasteiger partial charge in [-0.15, -0.1) is 0 Å². The van der Waals surface area contributed by atoms with Crippen LogP contribution in [0.25, 0.3) is 0 Å². The fraction of sp³-hybridized carbons (Fsp3) is 0.800. The van der Waals surface area contributed by atoms with Gasteiger partial charge in [-0.2, -0.15) is 0 Å². The highest BCUT2D eigenvalue weighted by Gasteiger charge is 2.12. The number of hydrogen-bond donors (Lipinski definition) is 0. The lowest BCUT2D eigenvalue weighted by Gasteiger charge is -2.21. The zero-order valence-electron chi connectivity index (χ0n) is 7.38. The third-order valence-corrected chi connectivity index (χ3v) is 2.22. The van der Waals surface area contributed by atoms with E-state index >= 15 is 0 Å². The average Bonchev–Trinajstić information content (AvgIpc) is 2.07. The maximum Gasteiger partial charge on any atom is 0.0651 e. The minimum Gasteiger partial charge on any atom is -0.374 e. The van der Waals surface area contributed by atoms with E-state index in [1.54, 1.807) is 0 Å². The van der Waals surface area contributed by atoms with Gasteiger partial charge in [-0.05, 0) is 19.8 Å². The maximum absolute atomic E-state index is 5.64. The van der Waals surface area contributed by atoms with Crippen molar-refractivity contribution >= 4 is 0 Å². The van der Waals surface area contributed by atoms with Crippen molar-refractivity contribution < 1.29 is 4.74 Å². The Labute approximate surface area is 69.4 Å². The minimum atomic E-state index is 0.556. The molecule has 1 heteroatoms. The van der Waals surface area contributed by atoms with Crippen LogP contribution < -0.4 is 0 Å². The summed E-state index contributed by atoms with van der Waals surface area (Å²) in [6.45, 7) is 2.84. The van der Waals surface area contributed by atoms with Crippen LogP contribution in [0.2, 0.25) is 0 Å². The lowest BCUT2D eigenvalue weighted by atomic mass is 9.98. The molecule has 1 fully saturated rings. The van der Waals surface area contributed by atoms with Crippen LogP contribution in [0.5, 0.6) is 0 Å². The van der Waals surface area contributed by atoms with Gasteiger partial charge in [-0.25, -0.2) is 0 Å². The van der Waals surface area contributed by atoms with Crippen LogP contribution in [0, 0.1) is 0 Å². The van der Waals surface area contributed by atoms with Gasteiger partial charge in [-0.3, -0.25) is 0 Å². The second-order valence-electron chi connectivity index (χ2n) is 3.16. The van der Waals surface area contributed by atoms with Crippen molar-refractivity contribution in [3.63, 3.8) is 0 Å². The monoisotopic (exact) mass is 154 g/mol. The molecule has 0 aromatic rings. The second kappa shape index (κ2) is 5.36. The Morgan fingerprint density at radius 2 is 2.00 bits per heavy atom. The lowest BCUT2D eigenvalue weighted by molar-refractivity contribution is 0.0465. The average molecular weight is 154 g/mol. The summed E-state index contributed by atoms with van der Waals surface area (Å²) in [5.74, 6) is 0.